The highest BCUT2D eigenvalue weighted by Crippen LogP contribution is 2.30. The first kappa shape index (κ1) is 16.0. The molecule has 2 aromatic rings. The molecule has 1 atom stereocenters. The number of carbonyl (C=O) groups excluding carboxylic acids is 1. The quantitative estimate of drug-likeness (QED) is 0.822. The van der Waals surface area contributed by atoms with Crippen LogP contribution >= 0.6 is 0 Å². The molecule has 3 rings (SSSR count). The van der Waals surface area contributed by atoms with Crippen LogP contribution in [0.5, 0.6) is 23.0 Å². The van der Waals surface area contributed by atoms with Crippen LogP contribution in [0, 0.1) is 0 Å². The lowest BCUT2D eigenvalue weighted by Gasteiger charge is -2.25. The van der Waals surface area contributed by atoms with Crippen molar-refractivity contribution in [3.8, 4) is 23.0 Å². The van der Waals surface area contributed by atoms with Crippen LogP contribution in [-0.4, -0.2) is 38.9 Å². The molecule has 1 N–H and O–H groups in total. The average Bonchev–Trinajstić information content (AvgIpc) is 2.65. The summed E-state index contributed by atoms with van der Waals surface area (Å²) < 4.78 is 21.8. The molecule has 1 aliphatic heterocycles. The average molecular weight is 329 g/mol. The summed E-state index contributed by atoms with van der Waals surface area (Å²) in [6.07, 6.45) is -0.652. The van der Waals surface area contributed by atoms with Crippen molar-refractivity contribution in [2.75, 3.05) is 26.9 Å². The first-order chi connectivity index (χ1) is 11.8. The molecule has 126 valence electrons. The first-order valence-electron chi connectivity index (χ1n) is 7.69. The number of ether oxygens (including phenoxy) is 4. The summed E-state index contributed by atoms with van der Waals surface area (Å²) in [4.78, 5) is 12.1. The van der Waals surface area contributed by atoms with Gasteiger partial charge < -0.3 is 24.3 Å². The van der Waals surface area contributed by atoms with Crippen LogP contribution in [0.1, 0.15) is 0 Å². The fraction of sp³-hybridized carbons (Fsp3) is 0.278. The summed E-state index contributed by atoms with van der Waals surface area (Å²) in [6, 6.07) is 14.6. The summed E-state index contributed by atoms with van der Waals surface area (Å²) in [5.41, 5.74) is 0. The minimum Gasteiger partial charge on any atom is -0.497 e. The van der Waals surface area contributed by atoms with Crippen molar-refractivity contribution in [3.63, 3.8) is 0 Å². The SMILES string of the molecule is COc1ccc(OCCNC(=O)[C@@H]2COc3ccccc3O2)cc1. The third kappa shape index (κ3) is 3.90. The smallest absolute Gasteiger partial charge is 0.264 e. The molecule has 0 aliphatic carbocycles. The van der Waals surface area contributed by atoms with E-state index in [0.29, 0.717) is 24.7 Å². The fourth-order valence-corrected chi connectivity index (χ4v) is 2.28. The largest absolute Gasteiger partial charge is 0.497 e. The molecule has 1 amide bonds. The van der Waals surface area contributed by atoms with Crippen LogP contribution in [0.25, 0.3) is 0 Å². The number of carbonyl (C=O) groups is 1. The van der Waals surface area contributed by atoms with Crippen molar-refractivity contribution < 1.29 is 23.7 Å². The molecule has 0 radical (unpaired) electrons. The van der Waals surface area contributed by atoms with E-state index in [4.69, 9.17) is 18.9 Å². The zero-order chi connectivity index (χ0) is 16.8. The lowest BCUT2D eigenvalue weighted by atomic mass is 10.2. The van der Waals surface area contributed by atoms with E-state index in [2.05, 4.69) is 5.32 Å². The number of rotatable bonds is 6. The van der Waals surface area contributed by atoms with Gasteiger partial charge in [0.1, 0.15) is 24.7 Å². The van der Waals surface area contributed by atoms with Crippen molar-refractivity contribution in [2.24, 2.45) is 0 Å². The number of hydrogen-bond acceptors (Lipinski definition) is 5. The molecule has 2 aromatic carbocycles. The lowest BCUT2D eigenvalue weighted by Crippen LogP contribution is -2.45. The van der Waals surface area contributed by atoms with Gasteiger partial charge in [0.15, 0.2) is 11.5 Å². The van der Waals surface area contributed by atoms with Crippen LogP contribution in [0.2, 0.25) is 0 Å². The van der Waals surface area contributed by atoms with E-state index >= 15 is 0 Å². The van der Waals surface area contributed by atoms with Gasteiger partial charge in [0, 0.05) is 0 Å². The summed E-state index contributed by atoms with van der Waals surface area (Å²) in [6.45, 7) is 0.941. The molecule has 0 spiro atoms. The Bertz CT molecular complexity index is 686. The van der Waals surface area contributed by atoms with E-state index in [-0.39, 0.29) is 12.5 Å². The second-order valence-corrected chi connectivity index (χ2v) is 5.18. The Balaban J connectivity index is 1.41. The molecule has 6 nitrogen and oxygen atoms in total. The maximum absolute atomic E-state index is 12.1. The van der Waals surface area contributed by atoms with E-state index in [9.17, 15) is 4.79 Å². The number of fused-ring (bicyclic) bond motifs is 1. The molecular formula is C18H19NO5. The Morgan fingerprint density at radius 1 is 1.12 bits per heavy atom. The van der Waals surface area contributed by atoms with Gasteiger partial charge in [-0.1, -0.05) is 12.1 Å². The Morgan fingerprint density at radius 2 is 1.83 bits per heavy atom. The molecule has 0 saturated carbocycles. The maximum Gasteiger partial charge on any atom is 0.264 e. The van der Waals surface area contributed by atoms with Crippen molar-refractivity contribution in [1.29, 1.82) is 0 Å². The minimum atomic E-state index is -0.652. The van der Waals surface area contributed by atoms with Gasteiger partial charge in [-0.15, -0.1) is 0 Å². The number of para-hydroxylation sites is 2. The zero-order valence-corrected chi connectivity index (χ0v) is 13.4. The van der Waals surface area contributed by atoms with E-state index in [1.165, 1.54) is 0 Å². The van der Waals surface area contributed by atoms with Crippen LogP contribution in [-0.2, 0) is 4.79 Å². The topological polar surface area (TPSA) is 66.0 Å². The Hall–Kier alpha value is -2.89. The first-order valence-corrected chi connectivity index (χ1v) is 7.69. The van der Waals surface area contributed by atoms with Crippen LogP contribution < -0.4 is 24.3 Å². The lowest BCUT2D eigenvalue weighted by molar-refractivity contribution is -0.130. The molecular weight excluding hydrogens is 310 g/mol. The Kier molecular flexibility index (Phi) is 5.05. The second kappa shape index (κ2) is 7.59. The number of hydrogen-bond donors (Lipinski definition) is 1. The van der Waals surface area contributed by atoms with Gasteiger partial charge in [-0.05, 0) is 36.4 Å². The molecule has 0 saturated heterocycles. The summed E-state index contributed by atoms with van der Waals surface area (Å²) >= 11 is 0. The van der Waals surface area contributed by atoms with E-state index < -0.39 is 6.10 Å². The standard InChI is InChI=1S/C18H19NO5/c1-21-13-6-8-14(9-7-13)22-11-10-19-18(20)17-12-23-15-4-2-3-5-16(15)24-17/h2-9,17H,10-12H2,1H3,(H,19,20)/t17-/m0/s1. The van der Waals surface area contributed by atoms with E-state index in [1.807, 2.05) is 42.5 Å². The Labute approximate surface area is 140 Å². The summed E-state index contributed by atoms with van der Waals surface area (Å²) in [7, 11) is 1.61. The van der Waals surface area contributed by atoms with Gasteiger partial charge in [0.05, 0.1) is 13.7 Å². The minimum absolute atomic E-state index is 0.197. The molecule has 6 heteroatoms. The van der Waals surface area contributed by atoms with E-state index in [1.54, 1.807) is 13.2 Å². The number of methoxy groups -OCH3 is 1. The summed E-state index contributed by atoms with van der Waals surface area (Å²) in [5, 5.41) is 2.78. The fourth-order valence-electron chi connectivity index (χ4n) is 2.28. The molecule has 24 heavy (non-hydrogen) atoms. The van der Waals surface area contributed by atoms with Gasteiger partial charge >= 0.3 is 0 Å². The van der Waals surface area contributed by atoms with Crippen molar-refractivity contribution >= 4 is 5.91 Å². The van der Waals surface area contributed by atoms with Gasteiger partial charge in [0.2, 0.25) is 6.10 Å². The number of benzene rings is 2. The monoisotopic (exact) mass is 329 g/mol. The maximum atomic E-state index is 12.1. The highest BCUT2D eigenvalue weighted by molar-refractivity contribution is 5.81. The van der Waals surface area contributed by atoms with Gasteiger partial charge in [-0.3, -0.25) is 4.79 Å². The zero-order valence-electron chi connectivity index (χ0n) is 13.4. The van der Waals surface area contributed by atoms with Crippen LogP contribution in [0.15, 0.2) is 48.5 Å². The van der Waals surface area contributed by atoms with Gasteiger partial charge in [0.25, 0.3) is 5.91 Å². The molecule has 0 bridgehead atoms. The van der Waals surface area contributed by atoms with E-state index in [0.717, 1.165) is 11.5 Å². The summed E-state index contributed by atoms with van der Waals surface area (Å²) in [5.74, 6) is 2.51. The number of amides is 1. The second-order valence-electron chi connectivity index (χ2n) is 5.18. The molecule has 0 aromatic heterocycles. The van der Waals surface area contributed by atoms with Gasteiger partial charge in [-0.25, -0.2) is 0 Å². The highest BCUT2D eigenvalue weighted by Gasteiger charge is 2.26. The van der Waals surface area contributed by atoms with Crippen LogP contribution in [0.3, 0.4) is 0 Å². The normalized spacial score (nSPS) is 15.5. The molecule has 0 unspecified atom stereocenters. The predicted molar refractivity (Wildman–Crippen MR) is 87.9 cm³/mol. The predicted octanol–water partition coefficient (Wildman–Crippen LogP) is 2.03. The number of nitrogens with one attached hydrogen (secondary N) is 1. The van der Waals surface area contributed by atoms with Gasteiger partial charge in [-0.2, -0.15) is 0 Å². The molecule has 0 fully saturated rings. The Morgan fingerprint density at radius 3 is 2.58 bits per heavy atom. The molecule has 1 aliphatic rings. The van der Waals surface area contributed by atoms with Crippen molar-refractivity contribution in [2.45, 2.75) is 6.10 Å². The third-order valence-corrected chi connectivity index (χ3v) is 3.53. The third-order valence-electron chi connectivity index (χ3n) is 3.53. The van der Waals surface area contributed by atoms with Crippen molar-refractivity contribution in [1.82, 2.24) is 5.32 Å². The van der Waals surface area contributed by atoms with Crippen LogP contribution in [0.4, 0.5) is 0 Å². The molecule has 1 heterocycles. The van der Waals surface area contributed by atoms with Crippen molar-refractivity contribution in [3.05, 3.63) is 48.5 Å². The highest BCUT2D eigenvalue weighted by atomic mass is 16.6.